The molecule has 0 aromatic rings. The van der Waals surface area contributed by atoms with E-state index in [1.807, 2.05) is 13.8 Å². The van der Waals surface area contributed by atoms with E-state index in [0.717, 1.165) is 6.42 Å². The summed E-state index contributed by atoms with van der Waals surface area (Å²) in [5.74, 6) is 0.515. The molecule has 1 rings (SSSR count). The summed E-state index contributed by atoms with van der Waals surface area (Å²) >= 11 is 0. The Morgan fingerprint density at radius 2 is 1.95 bits per heavy atom. The number of ether oxygens (including phenoxy) is 1. The highest BCUT2D eigenvalue weighted by molar-refractivity contribution is 5.97. The number of carbonyl (C=O) groups is 2. The van der Waals surface area contributed by atoms with E-state index in [0.29, 0.717) is 25.5 Å². The van der Waals surface area contributed by atoms with Gasteiger partial charge in [-0.15, -0.1) is 0 Å². The van der Waals surface area contributed by atoms with E-state index in [9.17, 15) is 9.59 Å². The molecule has 0 aromatic carbocycles. The van der Waals surface area contributed by atoms with Crippen molar-refractivity contribution in [1.82, 2.24) is 10.2 Å². The molecule has 20 heavy (non-hydrogen) atoms. The third-order valence-electron chi connectivity index (χ3n) is 3.97. The summed E-state index contributed by atoms with van der Waals surface area (Å²) in [6.45, 7) is 9.10. The number of hydrogen-bond acceptors (Lipinski definition) is 3. The predicted octanol–water partition coefficient (Wildman–Crippen LogP) is 1.42. The van der Waals surface area contributed by atoms with Crippen LogP contribution in [0.1, 0.15) is 40.5 Å². The van der Waals surface area contributed by atoms with Crippen molar-refractivity contribution < 1.29 is 14.3 Å². The molecule has 2 amide bonds. The number of rotatable bonds is 7. The lowest BCUT2D eigenvalue weighted by Gasteiger charge is -2.41. The van der Waals surface area contributed by atoms with Gasteiger partial charge < -0.3 is 15.0 Å². The van der Waals surface area contributed by atoms with E-state index in [1.54, 1.807) is 12.0 Å². The summed E-state index contributed by atoms with van der Waals surface area (Å²) in [6, 6.07) is -0.759. The van der Waals surface area contributed by atoms with Crippen molar-refractivity contribution in [3.8, 4) is 0 Å². The Kier molecular flexibility index (Phi) is 6.46. The summed E-state index contributed by atoms with van der Waals surface area (Å²) < 4.78 is 5.08. The number of methoxy groups -OCH3 is 1. The molecule has 0 spiro atoms. The van der Waals surface area contributed by atoms with E-state index in [2.05, 4.69) is 19.2 Å². The van der Waals surface area contributed by atoms with Gasteiger partial charge in [-0.1, -0.05) is 34.1 Å². The van der Waals surface area contributed by atoms with Crippen molar-refractivity contribution in [3.05, 3.63) is 0 Å². The lowest BCUT2D eigenvalue weighted by molar-refractivity contribution is -0.152. The number of nitrogens with zero attached hydrogens (tertiary/aromatic N) is 1. The molecule has 1 fully saturated rings. The minimum atomic E-state index is -0.396. The third-order valence-corrected chi connectivity index (χ3v) is 3.97. The monoisotopic (exact) mass is 284 g/mol. The molecule has 0 aliphatic carbocycles. The van der Waals surface area contributed by atoms with Crippen LogP contribution in [-0.4, -0.2) is 49.1 Å². The molecule has 1 aliphatic heterocycles. The molecule has 3 unspecified atom stereocenters. The van der Waals surface area contributed by atoms with Crippen LogP contribution in [-0.2, 0) is 14.3 Å². The highest BCUT2D eigenvalue weighted by atomic mass is 16.5. The van der Waals surface area contributed by atoms with Crippen LogP contribution in [0.2, 0.25) is 0 Å². The molecule has 3 atom stereocenters. The number of piperazine rings is 1. The molecule has 0 saturated carbocycles. The second-order valence-electron chi connectivity index (χ2n) is 6.04. The highest BCUT2D eigenvalue weighted by Gasteiger charge is 2.41. The maximum Gasteiger partial charge on any atom is 0.246 e. The summed E-state index contributed by atoms with van der Waals surface area (Å²) in [4.78, 5) is 26.7. The molecular weight excluding hydrogens is 256 g/mol. The smallest absolute Gasteiger partial charge is 0.246 e. The molecule has 0 radical (unpaired) electrons. The number of carbonyl (C=O) groups excluding carboxylic acids is 2. The Bertz CT molecular complexity index is 344. The van der Waals surface area contributed by atoms with Gasteiger partial charge in [-0.25, -0.2) is 0 Å². The molecule has 1 saturated heterocycles. The zero-order chi connectivity index (χ0) is 15.3. The van der Waals surface area contributed by atoms with E-state index >= 15 is 0 Å². The molecular formula is C15H28N2O3. The highest BCUT2D eigenvalue weighted by Crippen LogP contribution is 2.21. The molecule has 116 valence electrons. The Morgan fingerprint density at radius 1 is 1.30 bits per heavy atom. The van der Waals surface area contributed by atoms with Crippen LogP contribution in [0, 0.1) is 11.8 Å². The standard InChI is InChI=1S/C15H28N2O3/c1-6-11(4)13-15(19)17(7-8-20-5)12(9-10(2)3)14(18)16-13/h10-13H,6-9H2,1-5H3,(H,16,18). The lowest BCUT2D eigenvalue weighted by Crippen LogP contribution is -2.65. The number of nitrogens with one attached hydrogen (secondary N) is 1. The van der Waals surface area contributed by atoms with Crippen LogP contribution in [0.5, 0.6) is 0 Å². The molecule has 0 bridgehead atoms. The van der Waals surface area contributed by atoms with Crippen LogP contribution in [0.15, 0.2) is 0 Å². The molecule has 0 aromatic heterocycles. The Labute approximate surface area is 122 Å². The van der Waals surface area contributed by atoms with Crippen molar-refractivity contribution in [3.63, 3.8) is 0 Å². The van der Waals surface area contributed by atoms with Crippen molar-refractivity contribution in [1.29, 1.82) is 0 Å². The Morgan fingerprint density at radius 3 is 2.45 bits per heavy atom. The Balaban J connectivity index is 2.91. The van der Waals surface area contributed by atoms with E-state index in [4.69, 9.17) is 4.74 Å². The SMILES string of the molecule is CCC(C)C1NC(=O)C(CC(C)C)N(CCOC)C1=O. The second kappa shape index (κ2) is 7.62. The zero-order valence-corrected chi connectivity index (χ0v) is 13.3. The van der Waals surface area contributed by atoms with Crippen molar-refractivity contribution in [2.24, 2.45) is 11.8 Å². The molecule has 1 aliphatic rings. The molecule has 1 heterocycles. The molecule has 5 heteroatoms. The van der Waals surface area contributed by atoms with Crippen LogP contribution < -0.4 is 5.32 Å². The first kappa shape index (κ1) is 17.0. The summed E-state index contributed by atoms with van der Waals surface area (Å²) in [6.07, 6.45) is 1.55. The average Bonchev–Trinajstić information content (AvgIpc) is 2.40. The fraction of sp³-hybridized carbons (Fsp3) is 0.867. The van der Waals surface area contributed by atoms with Gasteiger partial charge in [0.1, 0.15) is 12.1 Å². The van der Waals surface area contributed by atoms with Crippen LogP contribution in [0.3, 0.4) is 0 Å². The fourth-order valence-corrected chi connectivity index (χ4v) is 2.54. The summed E-state index contributed by atoms with van der Waals surface area (Å²) in [5.41, 5.74) is 0. The van der Waals surface area contributed by atoms with Crippen LogP contribution in [0.25, 0.3) is 0 Å². The topological polar surface area (TPSA) is 58.6 Å². The summed E-state index contributed by atoms with van der Waals surface area (Å²) in [7, 11) is 1.61. The largest absolute Gasteiger partial charge is 0.383 e. The van der Waals surface area contributed by atoms with E-state index in [-0.39, 0.29) is 23.8 Å². The zero-order valence-electron chi connectivity index (χ0n) is 13.3. The predicted molar refractivity (Wildman–Crippen MR) is 78.2 cm³/mol. The Hall–Kier alpha value is -1.10. The molecule has 5 nitrogen and oxygen atoms in total. The normalized spacial score (nSPS) is 25.0. The van der Waals surface area contributed by atoms with Gasteiger partial charge in [-0.2, -0.15) is 0 Å². The first-order valence-electron chi connectivity index (χ1n) is 7.52. The van der Waals surface area contributed by atoms with Gasteiger partial charge in [0.05, 0.1) is 6.61 Å². The fourth-order valence-electron chi connectivity index (χ4n) is 2.54. The van der Waals surface area contributed by atoms with Gasteiger partial charge in [0, 0.05) is 13.7 Å². The van der Waals surface area contributed by atoms with Crippen molar-refractivity contribution in [2.45, 2.75) is 52.6 Å². The van der Waals surface area contributed by atoms with Crippen LogP contribution >= 0.6 is 0 Å². The van der Waals surface area contributed by atoms with Crippen LogP contribution in [0.4, 0.5) is 0 Å². The van der Waals surface area contributed by atoms with Gasteiger partial charge in [-0.05, 0) is 18.3 Å². The third kappa shape index (κ3) is 3.95. The lowest BCUT2D eigenvalue weighted by atomic mass is 9.91. The minimum Gasteiger partial charge on any atom is -0.383 e. The average molecular weight is 284 g/mol. The van der Waals surface area contributed by atoms with Crippen molar-refractivity contribution in [2.75, 3.05) is 20.3 Å². The molecule has 1 N–H and O–H groups in total. The number of amides is 2. The van der Waals surface area contributed by atoms with Gasteiger partial charge >= 0.3 is 0 Å². The van der Waals surface area contributed by atoms with Gasteiger partial charge in [0.25, 0.3) is 0 Å². The van der Waals surface area contributed by atoms with E-state index in [1.165, 1.54) is 0 Å². The first-order valence-corrected chi connectivity index (χ1v) is 7.52. The van der Waals surface area contributed by atoms with E-state index < -0.39 is 6.04 Å². The van der Waals surface area contributed by atoms with Gasteiger partial charge in [0.2, 0.25) is 11.8 Å². The second-order valence-corrected chi connectivity index (χ2v) is 6.04. The van der Waals surface area contributed by atoms with Crippen molar-refractivity contribution >= 4 is 11.8 Å². The van der Waals surface area contributed by atoms with Gasteiger partial charge in [-0.3, -0.25) is 9.59 Å². The first-order chi connectivity index (χ1) is 9.42. The van der Waals surface area contributed by atoms with Gasteiger partial charge in [0.15, 0.2) is 0 Å². The summed E-state index contributed by atoms with van der Waals surface area (Å²) in [5, 5.41) is 2.91. The maximum atomic E-state index is 12.6. The maximum absolute atomic E-state index is 12.6. The minimum absolute atomic E-state index is 0.0281. The number of hydrogen-bond donors (Lipinski definition) is 1. The quantitative estimate of drug-likeness (QED) is 0.769.